The van der Waals surface area contributed by atoms with E-state index in [0.717, 1.165) is 5.56 Å². The molecule has 22 heavy (non-hydrogen) atoms. The molecule has 0 saturated carbocycles. The van der Waals surface area contributed by atoms with E-state index in [0.29, 0.717) is 30.0 Å². The first-order chi connectivity index (χ1) is 10.6. The minimum atomic E-state index is -0.536. The van der Waals surface area contributed by atoms with Crippen LogP contribution in [0, 0.1) is 5.82 Å². The van der Waals surface area contributed by atoms with E-state index in [-0.39, 0.29) is 17.0 Å². The summed E-state index contributed by atoms with van der Waals surface area (Å²) in [6, 6.07) is 9.14. The largest absolute Gasteiger partial charge is 0.492 e. The fourth-order valence-electron chi connectivity index (χ4n) is 2.40. The molecule has 1 atom stereocenters. The highest BCUT2D eigenvalue weighted by Crippen LogP contribution is 2.34. The fraction of sp³-hybridized carbons (Fsp3) is 0.188. The van der Waals surface area contributed by atoms with Crippen molar-refractivity contribution in [2.24, 2.45) is 5.73 Å². The summed E-state index contributed by atoms with van der Waals surface area (Å²) in [4.78, 5) is 12.4. The van der Waals surface area contributed by atoms with Gasteiger partial charge in [0.05, 0.1) is 17.2 Å². The summed E-state index contributed by atoms with van der Waals surface area (Å²) in [7, 11) is 0. The third-order valence-electron chi connectivity index (χ3n) is 3.54. The van der Waals surface area contributed by atoms with E-state index in [1.807, 2.05) is 6.07 Å². The van der Waals surface area contributed by atoms with Crippen LogP contribution in [0.25, 0.3) is 0 Å². The normalized spacial score (nSPS) is 16.6. The zero-order chi connectivity index (χ0) is 15.7. The maximum absolute atomic E-state index is 13.1. The molecule has 2 aromatic rings. The molecule has 1 aliphatic rings. The number of nitrogens with two attached hydrogens (primary N) is 1. The Morgan fingerprint density at radius 2 is 2.18 bits per heavy atom. The standard InChI is InChI=1S/C16H14ClFN2O2/c17-12-8-9(4-5-13(12)18)20-16(21)11-3-1-2-10-14(19)6-7-22-15(10)11/h1-5,8,14H,6-7,19H2,(H,20,21). The first-order valence-electron chi connectivity index (χ1n) is 6.84. The molecule has 114 valence electrons. The minimum absolute atomic E-state index is 0.0498. The molecule has 1 amide bonds. The lowest BCUT2D eigenvalue weighted by Crippen LogP contribution is -2.23. The number of nitrogens with one attached hydrogen (secondary N) is 1. The molecule has 6 heteroatoms. The van der Waals surface area contributed by atoms with Crippen LogP contribution in [0.4, 0.5) is 10.1 Å². The number of anilines is 1. The van der Waals surface area contributed by atoms with Crippen LogP contribution >= 0.6 is 11.6 Å². The van der Waals surface area contributed by atoms with Crippen LogP contribution in [0.2, 0.25) is 5.02 Å². The lowest BCUT2D eigenvalue weighted by Gasteiger charge is -2.24. The topological polar surface area (TPSA) is 64.3 Å². The Hall–Kier alpha value is -2.11. The summed E-state index contributed by atoms with van der Waals surface area (Å²) in [5, 5.41) is 2.63. The second-order valence-electron chi connectivity index (χ2n) is 5.05. The van der Waals surface area contributed by atoms with Crippen molar-refractivity contribution in [1.82, 2.24) is 0 Å². The molecule has 0 radical (unpaired) electrons. The molecule has 0 aromatic heterocycles. The Morgan fingerprint density at radius 1 is 1.36 bits per heavy atom. The molecule has 0 bridgehead atoms. The first-order valence-corrected chi connectivity index (χ1v) is 7.22. The summed E-state index contributed by atoms with van der Waals surface area (Å²) >= 11 is 5.71. The van der Waals surface area contributed by atoms with Gasteiger partial charge in [-0.1, -0.05) is 23.7 Å². The van der Waals surface area contributed by atoms with Gasteiger partial charge in [-0.3, -0.25) is 4.79 Å². The molecule has 1 aliphatic heterocycles. The first kappa shape index (κ1) is 14.8. The number of hydrogen-bond acceptors (Lipinski definition) is 3. The van der Waals surface area contributed by atoms with Crippen LogP contribution in [-0.2, 0) is 0 Å². The van der Waals surface area contributed by atoms with Crippen LogP contribution in [0.3, 0.4) is 0 Å². The van der Waals surface area contributed by atoms with Gasteiger partial charge >= 0.3 is 0 Å². The lowest BCUT2D eigenvalue weighted by atomic mass is 9.98. The Balaban J connectivity index is 1.89. The molecule has 1 heterocycles. The summed E-state index contributed by atoms with van der Waals surface area (Å²) < 4.78 is 18.7. The van der Waals surface area contributed by atoms with Gasteiger partial charge in [0.2, 0.25) is 0 Å². The predicted molar refractivity (Wildman–Crippen MR) is 82.8 cm³/mol. The maximum Gasteiger partial charge on any atom is 0.259 e. The van der Waals surface area contributed by atoms with E-state index >= 15 is 0 Å². The van der Waals surface area contributed by atoms with Crippen molar-refractivity contribution in [3.8, 4) is 5.75 Å². The third-order valence-corrected chi connectivity index (χ3v) is 3.83. The maximum atomic E-state index is 13.1. The number of carbonyl (C=O) groups excluding carboxylic acids is 1. The van der Waals surface area contributed by atoms with E-state index in [1.54, 1.807) is 12.1 Å². The highest BCUT2D eigenvalue weighted by molar-refractivity contribution is 6.31. The second-order valence-corrected chi connectivity index (χ2v) is 5.46. The molecule has 1 unspecified atom stereocenters. The Bertz CT molecular complexity index is 736. The quantitative estimate of drug-likeness (QED) is 0.890. The SMILES string of the molecule is NC1CCOc2c(C(=O)Nc3ccc(F)c(Cl)c3)cccc21. The number of ether oxygens (including phenoxy) is 1. The Labute approximate surface area is 132 Å². The minimum Gasteiger partial charge on any atom is -0.492 e. The van der Waals surface area contributed by atoms with Gasteiger partial charge in [-0.15, -0.1) is 0 Å². The van der Waals surface area contributed by atoms with Crippen LogP contribution in [0.1, 0.15) is 28.4 Å². The average Bonchev–Trinajstić information content (AvgIpc) is 2.51. The lowest BCUT2D eigenvalue weighted by molar-refractivity contribution is 0.102. The molecule has 4 nitrogen and oxygen atoms in total. The van der Waals surface area contributed by atoms with Crippen molar-refractivity contribution in [2.75, 3.05) is 11.9 Å². The fourth-order valence-corrected chi connectivity index (χ4v) is 2.58. The van der Waals surface area contributed by atoms with Gasteiger partial charge in [-0.2, -0.15) is 0 Å². The van der Waals surface area contributed by atoms with E-state index in [9.17, 15) is 9.18 Å². The van der Waals surface area contributed by atoms with Crippen molar-refractivity contribution in [1.29, 1.82) is 0 Å². The van der Waals surface area contributed by atoms with E-state index in [4.69, 9.17) is 22.1 Å². The number of carbonyl (C=O) groups is 1. The van der Waals surface area contributed by atoms with Crippen LogP contribution in [-0.4, -0.2) is 12.5 Å². The summed E-state index contributed by atoms with van der Waals surface area (Å²) in [5.41, 5.74) is 7.66. The zero-order valence-corrected chi connectivity index (χ0v) is 12.4. The number of rotatable bonds is 2. The van der Waals surface area contributed by atoms with Crippen LogP contribution in [0.15, 0.2) is 36.4 Å². The average molecular weight is 321 g/mol. The number of hydrogen-bond donors (Lipinski definition) is 2. The molecular formula is C16H14ClFN2O2. The van der Waals surface area contributed by atoms with Crippen molar-refractivity contribution >= 4 is 23.2 Å². The third kappa shape index (κ3) is 2.77. The van der Waals surface area contributed by atoms with Gasteiger partial charge in [0.25, 0.3) is 5.91 Å². The molecule has 0 fully saturated rings. The smallest absolute Gasteiger partial charge is 0.259 e. The molecular weight excluding hydrogens is 307 g/mol. The van der Waals surface area contributed by atoms with Crippen molar-refractivity contribution < 1.29 is 13.9 Å². The number of benzene rings is 2. The van der Waals surface area contributed by atoms with Crippen molar-refractivity contribution in [3.63, 3.8) is 0 Å². The molecule has 3 rings (SSSR count). The molecule has 0 spiro atoms. The number of fused-ring (bicyclic) bond motifs is 1. The van der Waals surface area contributed by atoms with Crippen molar-refractivity contribution in [2.45, 2.75) is 12.5 Å². The zero-order valence-electron chi connectivity index (χ0n) is 11.6. The number of halogens is 2. The van der Waals surface area contributed by atoms with Gasteiger partial charge in [0.1, 0.15) is 11.6 Å². The number of amides is 1. The molecule has 0 saturated heterocycles. The monoisotopic (exact) mass is 320 g/mol. The summed E-state index contributed by atoms with van der Waals surface area (Å²) in [6.45, 7) is 0.473. The highest BCUT2D eigenvalue weighted by atomic mass is 35.5. The highest BCUT2D eigenvalue weighted by Gasteiger charge is 2.23. The second kappa shape index (κ2) is 5.94. The summed E-state index contributed by atoms with van der Waals surface area (Å²) in [6.07, 6.45) is 0.714. The molecule has 3 N–H and O–H groups in total. The van der Waals surface area contributed by atoms with Gasteiger partial charge in [0, 0.05) is 23.7 Å². The van der Waals surface area contributed by atoms with Crippen molar-refractivity contribution in [3.05, 3.63) is 58.4 Å². The molecule has 2 aromatic carbocycles. The molecule has 0 aliphatic carbocycles. The Morgan fingerprint density at radius 3 is 2.95 bits per heavy atom. The Kier molecular flexibility index (Phi) is 4.00. The van der Waals surface area contributed by atoms with Gasteiger partial charge in [-0.25, -0.2) is 4.39 Å². The van der Waals surface area contributed by atoms with Gasteiger partial charge in [0.15, 0.2) is 0 Å². The van der Waals surface area contributed by atoms with Crippen LogP contribution in [0.5, 0.6) is 5.75 Å². The summed E-state index contributed by atoms with van der Waals surface area (Å²) in [5.74, 6) is -0.383. The van der Waals surface area contributed by atoms with E-state index in [1.165, 1.54) is 18.2 Å². The van der Waals surface area contributed by atoms with Gasteiger partial charge in [-0.05, 0) is 24.3 Å². The number of para-hydroxylation sites is 1. The van der Waals surface area contributed by atoms with E-state index < -0.39 is 5.82 Å². The van der Waals surface area contributed by atoms with Crippen LogP contribution < -0.4 is 15.8 Å². The van der Waals surface area contributed by atoms with Gasteiger partial charge < -0.3 is 15.8 Å². The predicted octanol–water partition coefficient (Wildman–Crippen LogP) is 3.51. The van der Waals surface area contributed by atoms with E-state index in [2.05, 4.69) is 5.32 Å².